The minimum Gasteiger partial charge on any atom is -0.389 e. The summed E-state index contributed by atoms with van der Waals surface area (Å²) in [6.07, 6.45) is 10.8. The molecule has 16 heavy (non-hydrogen) atoms. The highest BCUT2D eigenvalue weighted by Gasteiger charge is 1.89. The third kappa shape index (κ3) is 6.20. The van der Waals surface area contributed by atoms with Gasteiger partial charge in [-0.05, 0) is 31.7 Å². The van der Waals surface area contributed by atoms with Crippen molar-refractivity contribution in [3.8, 4) is 0 Å². The van der Waals surface area contributed by atoms with E-state index in [0.29, 0.717) is 0 Å². The van der Waals surface area contributed by atoms with E-state index in [-0.39, 0.29) is 6.10 Å². The molecule has 0 amide bonds. The van der Waals surface area contributed by atoms with Crippen LogP contribution in [0.15, 0.2) is 54.6 Å². The molecule has 0 spiro atoms. The molecule has 0 fully saturated rings. The fraction of sp³-hybridized carbons (Fsp3) is 0.333. The third-order valence-electron chi connectivity index (χ3n) is 2.32. The summed E-state index contributed by atoms with van der Waals surface area (Å²) >= 11 is 0. The Morgan fingerprint density at radius 1 is 1.19 bits per heavy atom. The fourth-order valence-electron chi connectivity index (χ4n) is 1.47. The molecular weight excluding hydrogens is 196 g/mol. The maximum Gasteiger partial charge on any atom is 0.0695 e. The van der Waals surface area contributed by atoms with Crippen LogP contribution in [-0.2, 0) is 6.42 Å². The van der Waals surface area contributed by atoms with Crippen molar-refractivity contribution in [2.75, 3.05) is 0 Å². The number of hydrogen-bond donors (Lipinski definition) is 1. The van der Waals surface area contributed by atoms with E-state index in [9.17, 15) is 0 Å². The van der Waals surface area contributed by atoms with Crippen LogP contribution in [0.5, 0.6) is 0 Å². The number of aliphatic hydroxyl groups is 1. The molecule has 0 saturated heterocycles. The summed E-state index contributed by atoms with van der Waals surface area (Å²) in [4.78, 5) is 0. The van der Waals surface area contributed by atoms with Crippen molar-refractivity contribution >= 4 is 0 Å². The van der Waals surface area contributed by atoms with Crippen LogP contribution in [0.3, 0.4) is 0 Å². The first-order valence-corrected chi connectivity index (χ1v) is 5.84. The van der Waals surface area contributed by atoms with E-state index < -0.39 is 0 Å². The number of rotatable bonds is 6. The second-order valence-corrected chi connectivity index (χ2v) is 3.93. The van der Waals surface area contributed by atoms with Crippen LogP contribution in [-0.4, -0.2) is 11.2 Å². The largest absolute Gasteiger partial charge is 0.389 e. The summed E-state index contributed by atoms with van der Waals surface area (Å²) in [5.41, 5.74) is 1.40. The summed E-state index contributed by atoms with van der Waals surface area (Å²) < 4.78 is 0. The van der Waals surface area contributed by atoms with E-state index in [1.807, 2.05) is 18.2 Å². The molecule has 1 N–H and O–H groups in total. The smallest absolute Gasteiger partial charge is 0.0695 e. The second kappa shape index (κ2) is 7.89. The van der Waals surface area contributed by atoms with Crippen molar-refractivity contribution < 1.29 is 5.11 Å². The van der Waals surface area contributed by atoms with Crippen molar-refractivity contribution in [3.63, 3.8) is 0 Å². The minimum absolute atomic E-state index is 0.353. The van der Waals surface area contributed by atoms with Gasteiger partial charge < -0.3 is 5.11 Å². The van der Waals surface area contributed by atoms with Crippen molar-refractivity contribution in [2.45, 2.75) is 32.3 Å². The minimum atomic E-state index is -0.353. The highest BCUT2D eigenvalue weighted by atomic mass is 16.3. The molecule has 0 aliphatic rings. The number of aryl methyl sites for hydroxylation is 1. The van der Waals surface area contributed by atoms with Crippen molar-refractivity contribution in [1.29, 1.82) is 0 Å². The van der Waals surface area contributed by atoms with Crippen molar-refractivity contribution in [2.24, 2.45) is 0 Å². The first kappa shape index (κ1) is 12.7. The standard InChI is InChI=1S/C15H20O/c1-14(16)10-6-3-2-4-7-11-15-12-8-5-9-13-15/h2-3,5-6,8-10,12-14,16H,4,7,11H2,1H3/b3-2+,10-6+/t14-/m1/s1. The lowest BCUT2D eigenvalue weighted by molar-refractivity contribution is 0.244. The molecule has 1 aromatic carbocycles. The van der Waals surface area contributed by atoms with Gasteiger partial charge in [0.05, 0.1) is 6.10 Å². The molecule has 0 saturated carbocycles. The number of unbranched alkanes of at least 4 members (excludes halogenated alkanes) is 1. The maximum absolute atomic E-state index is 8.98. The van der Waals surface area contributed by atoms with Crippen LogP contribution in [0.2, 0.25) is 0 Å². The molecule has 0 unspecified atom stereocenters. The van der Waals surface area contributed by atoms with Gasteiger partial charge in [-0.1, -0.05) is 54.6 Å². The summed E-state index contributed by atoms with van der Waals surface area (Å²) in [5, 5.41) is 8.98. The van der Waals surface area contributed by atoms with Gasteiger partial charge in [-0.2, -0.15) is 0 Å². The topological polar surface area (TPSA) is 20.2 Å². The molecule has 1 atom stereocenters. The van der Waals surface area contributed by atoms with Gasteiger partial charge in [-0.3, -0.25) is 0 Å². The fourth-order valence-corrected chi connectivity index (χ4v) is 1.47. The van der Waals surface area contributed by atoms with Crippen molar-refractivity contribution in [3.05, 3.63) is 60.2 Å². The van der Waals surface area contributed by atoms with E-state index in [2.05, 4.69) is 30.3 Å². The molecule has 0 aliphatic carbocycles. The Balaban J connectivity index is 2.13. The summed E-state index contributed by atoms with van der Waals surface area (Å²) in [6.45, 7) is 1.75. The average molecular weight is 216 g/mol. The van der Waals surface area contributed by atoms with E-state index in [0.717, 1.165) is 12.8 Å². The lowest BCUT2D eigenvalue weighted by Gasteiger charge is -1.97. The van der Waals surface area contributed by atoms with E-state index >= 15 is 0 Å². The van der Waals surface area contributed by atoms with E-state index in [4.69, 9.17) is 5.11 Å². The van der Waals surface area contributed by atoms with Gasteiger partial charge in [-0.15, -0.1) is 0 Å². The molecule has 0 heterocycles. The van der Waals surface area contributed by atoms with Gasteiger partial charge in [0.15, 0.2) is 0 Å². The van der Waals surface area contributed by atoms with Gasteiger partial charge >= 0.3 is 0 Å². The number of benzene rings is 1. The molecule has 1 nitrogen and oxygen atoms in total. The molecule has 86 valence electrons. The lowest BCUT2D eigenvalue weighted by Crippen LogP contribution is -1.90. The first-order valence-electron chi connectivity index (χ1n) is 5.84. The van der Waals surface area contributed by atoms with Gasteiger partial charge in [0, 0.05) is 0 Å². The molecule has 0 aromatic heterocycles. The monoisotopic (exact) mass is 216 g/mol. The van der Waals surface area contributed by atoms with Crippen LogP contribution < -0.4 is 0 Å². The van der Waals surface area contributed by atoms with E-state index in [1.165, 1.54) is 12.0 Å². The molecule has 1 rings (SSSR count). The molecule has 1 aromatic rings. The number of hydrogen-bond acceptors (Lipinski definition) is 1. The lowest BCUT2D eigenvalue weighted by atomic mass is 10.1. The second-order valence-electron chi connectivity index (χ2n) is 3.93. The first-order chi connectivity index (χ1) is 7.79. The molecule has 0 bridgehead atoms. The Morgan fingerprint density at radius 2 is 1.94 bits per heavy atom. The van der Waals surface area contributed by atoms with Gasteiger partial charge in [0.25, 0.3) is 0 Å². The molecule has 0 aliphatic heterocycles. The van der Waals surface area contributed by atoms with Crippen LogP contribution in [0.25, 0.3) is 0 Å². The highest BCUT2D eigenvalue weighted by molar-refractivity contribution is 5.14. The summed E-state index contributed by atoms with van der Waals surface area (Å²) in [7, 11) is 0. The Hall–Kier alpha value is -1.34. The van der Waals surface area contributed by atoms with Crippen LogP contribution in [0, 0.1) is 0 Å². The molecule has 1 heteroatoms. The van der Waals surface area contributed by atoms with Gasteiger partial charge in [-0.25, -0.2) is 0 Å². The zero-order valence-electron chi connectivity index (χ0n) is 9.84. The zero-order valence-corrected chi connectivity index (χ0v) is 9.84. The predicted octanol–water partition coefficient (Wildman–Crippen LogP) is 3.50. The van der Waals surface area contributed by atoms with Crippen molar-refractivity contribution in [1.82, 2.24) is 0 Å². The van der Waals surface area contributed by atoms with Gasteiger partial charge in [0.2, 0.25) is 0 Å². The maximum atomic E-state index is 8.98. The van der Waals surface area contributed by atoms with Crippen LogP contribution in [0.4, 0.5) is 0 Å². The zero-order chi connectivity index (χ0) is 11.6. The number of aliphatic hydroxyl groups excluding tert-OH is 1. The summed E-state index contributed by atoms with van der Waals surface area (Å²) in [6, 6.07) is 10.5. The SMILES string of the molecule is C[C@@H](O)/C=C/C=C/CCCc1ccccc1. The highest BCUT2D eigenvalue weighted by Crippen LogP contribution is 2.04. The quantitative estimate of drug-likeness (QED) is 0.570. The Kier molecular flexibility index (Phi) is 6.28. The third-order valence-corrected chi connectivity index (χ3v) is 2.32. The number of allylic oxidation sites excluding steroid dienone is 3. The average Bonchev–Trinajstić information content (AvgIpc) is 2.29. The normalized spacial score (nSPS) is 13.6. The molecular formula is C15H20O. The predicted molar refractivity (Wildman–Crippen MR) is 69.3 cm³/mol. The van der Waals surface area contributed by atoms with Crippen LogP contribution in [0.1, 0.15) is 25.3 Å². The Labute approximate surface area is 98.1 Å². The molecule has 0 radical (unpaired) electrons. The Morgan fingerprint density at radius 3 is 2.62 bits per heavy atom. The van der Waals surface area contributed by atoms with E-state index in [1.54, 1.807) is 13.0 Å². The Bertz CT molecular complexity index is 323. The van der Waals surface area contributed by atoms with Crippen LogP contribution >= 0.6 is 0 Å². The summed E-state index contributed by atoms with van der Waals surface area (Å²) in [5.74, 6) is 0. The van der Waals surface area contributed by atoms with Gasteiger partial charge in [0.1, 0.15) is 0 Å².